The molecule has 1 aliphatic carbocycles. The number of aryl methyl sites for hydroxylation is 1. The van der Waals surface area contributed by atoms with Crippen LogP contribution in [-0.4, -0.2) is 48.0 Å². The van der Waals surface area contributed by atoms with Crippen molar-refractivity contribution in [3.8, 4) is 0 Å². The maximum Gasteiger partial charge on any atom is 0.333 e. The van der Waals surface area contributed by atoms with Crippen LogP contribution >= 0.6 is 11.3 Å². The lowest BCUT2D eigenvalue weighted by Crippen LogP contribution is -2.24. The van der Waals surface area contributed by atoms with Crippen molar-refractivity contribution in [2.24, 2.45) is 11.1 Å². The van der Waals surface area contributed by atoms with Crippen LogP contribution in [0.2, 0.25) is 0 Å². The summed E-state index contributed by atoms with van der Waals surface area (Å²) in [5.74, 6) is 1.40. The van der Waals surface area contributed by atoms with E-state index in [1.807, 2.05) is 30.5 Å². The summed E-state index contributed by atoms with van der Waals surface area (Å²) < 4.78 is 32.3. The van der Waals surface area contributed by atoms with Gasteiger partial charge in [0.1, 0.15) is 23.7 Å². The quantitative estimate of drug-likeness (QED) is 0.380. The number of carbonyl (C=O) groups excluding carboxylic acids is 1. The largest absolute Gasteiger partial charge is 0.466 e. The molecular weight excluding hydrogens is 468 g/mol. The Labute approximate surface area is 195 Å². The number of hydrogen-bond acceptors (Lipinski definition) is 10. The number of carbonyl (C=O) groups is 1. The van der Waals surface area contributed by atoms with Crippen molar-refractivity contribution < 1.29 is 26.9 Å². The van der Waals surface area contributed by atoms with Gasteiger partial charge in [-0.3, -0.25) is 8.98 Å². The molecule has 0 aromatic carbocycles. The molecule has 1 unspecified atom stereocenters. The van der Waals surface area contributed by atoms with E-state index in [0.717, 1.165) is 17.1 Å². The Morgan fingerprint density at radius 3 is 2.94 bits per heavy atom. The molecule has 3 atom stereocenters. The van der Waals surface area contributed by atoms with Crippen LogP contribution in [0.5, 0.6) is 0 Å². The summed E-state index contributed by atoms with van der Waals surface area (Å²) in [5.41, 5.74) is 1.29. The SMILES string of the molecule is Cc1ccc(Cc2csc(C(=O)c3cncnc3NC3C[C@H](COS(N)(=O)=O)[C@@H](O)C3)c2)o1. The second kappa shape index (κ2) is 9.69. The Morgan fingerprint density at radius 2 is 2.21 bits per heavy atom. The molecule has 3 aromatic heterocycles. The summed E-state index contributed by atoms with van der Waals surface area (Å²) in [6, 6.07) is 5.43. The molecule has 176 valence electrons. The minimum absolute atomic E-state index is 0.207. The third-order valence-corrected chi connectivity index (χ3v) is 6.90. The van der Waals surface area contributed by atoms with Gasteiger partial charge in [0.15, 0.2) is 0 Å². The molecular formula is C21H24N4O6S2. The molecule has 0 radical (unpaired) electrons. The van der Waals surface area contributed by atoms with Gasteiger partial charge < -0.3 is 14.8 Å². The predicted octanol–water partition coefficient (Wildman–Crippen LogP) is 2.03. The molecule has 33 heavy (non-hydrogen) atoms. The van der Waals surface area contributed by atoms with E-state index in [4.69, 9.17) is 9.56 Å². The van der Waals surface area contributed by atoms with Crippen molar-refractivity contribution in [1.29, 1.82) is 0 Å². The van der Waals surface area contributed by atoms with Crippen LogP contribution in [0.3, 0.4) is 0 Å². The molecule has 3 heterocycles. The number of thiophene rings is 1. The van der Waals surface area contributed by atoms with Gasteiger partial charge in [0, 0.05) is 24.6 Å². The van der Waals surface area contributed by atoms with E-state index in [2.05, 4.69) is 19.5 Å². The Balaban J connectivity index is 1.44. The van der Waals surface area contributed by atoms with Crippen molar-refractivity contribution in [2.45, 2.75) is 38.3 Å². The zero-order chi connectivity index (χ0) is 23.6. The Hall–Kier alpha value is -2.64. The summed E-state index contributed by atoms with van der Waals surface area (Å²) in [7, 11) is -4.08. The smallest absolute Gasteiger partial charge is 0.333 e. The van der Waals surface area contributed by atoms with Crippen LogP contribution in [-0.2, 0) is 20.9 Å². The highest BCUT2D eigenvalue weighted by Gasteiger charge is 2.34. The van der Waals surface area contributed by atoms with Crippen LogP contribution in [0, 0.1) is 12.8 Å². The number of aliphatic hydroxyl groups is 1. The fourth-order valence-electron chi connectivity index (χ4n) is 3.89. The predicted molar refractivity (Wildman–Crippen MR) is 121 cm³/mol. The van der Waals surface area contributed by atoms with Crippen LogP contribution < -0.4 is 10.5 Å². The van der Waals surface area contributed by atoms with E-state index >= 15 is 0 Å². The first kappa shape index (κ1) is 23.5. The minimum Gasteiger partial charge on any atom is -0.466 e. The van der Waals surface area contributed by atoms with Crippen molar-refractivity contribution in [3.05, 3.63) is 63.6 Å². The summed E-state index contributed by atoms with van der Waals surface area (Å²) in [4.78, 5) is 21.9. The number of nitrogens with zero attached hydrogens (tertiary/aromatic N) is 2. The monoisotopic (exact) mass is 492 g/mol. The normalized spacial score (nSPS) is 20.8. The maximum atomic E-state index is 13.2. The second-order valence-electron chi connectivity index (χ2n) is 8.04. The first-order valence-corrected chi connectivity index (χ1v) is 12.6. The van der Waals surface area contributed by atoms with E-state index in [-0.39, 0.29) is 18.4 Å². The van der Waals surface area contributed by atoms with Crippen LogP contribution in [0.1, 0.15) is 45.2 Å². The third-order valence-electron chi connectivity index (χ3n) is 5.45. The van der Waals surface area contributed by atoms with Gasteiger partial charge in [-0.25, -0.2) is 15.1 Å². The lowest BCUT2D eigenvalue weighted by molar-refractivity contribution is 0.101. The molecule has 10 nitrogen and oxygen atoms in total. The average molecular weight is 493 g/mol. The van der Waals surface area contributed by atoms with Gasteiger partial charge in [-0.05, 0) is 48.9 Å². The molecule has 1 saturated carbocycles. The van der Waals surface area contributed by atoms with E-state index in [9.17, 15) is 18.3 Å². The number of aliphatic hydroxyl groups excluding tert-OH is 1. The van der Waals surface area contributed by atoms with Crippen LogP contribution in [0.4, 0.5) is 5.82 Å². The van der Waals surface area contributed by atoms with Gasteiger partial charge in [-0.1, -0.05) is 0 Å². The first-order valence-electron chi connectivity index (χ1n) is 10.3. The topological polar surface area (TPSA) is 158 Å². The van der Waals surface area contributed by atoms with E-state index < -0.39 is 22.3 Å². The number of nitrogens with two attached hydrogens (primary N) is 1. The standard InChI is InChI=1S/C21H24N4O6S2/c1-12-2-3-16(31-12)4-13-5-19(32-10-13)20(27)17-8-23-11-24-21(17)25-15-6-14(18(26)7-15)9-30-33(22,28)29/h2-3,5,8,10-11,14-15,18,26H,4,6-7,9H2,1H3,(H2,22,28,29)(H,23,24,25)/t14-,15?,18+/m1/s1. The molecule has 12 heteroatoms. The van der Waals surface area contributed by atoms with Crippen LogP contribution in [0.25, 0.3) is 0 Å². The lowest BCUT2D eigenvalue weighted by atomic mass is 10.1. The molecule has 4 N–H and O–H groups in total. The highest BCUT2D eigenvalue weighted by Crippen LogP contribution is 2.30. The number of hydrogen-bond donors (Lipinski definition) is 3. The van der Waals surface area contributed by atoms with Gasteiger partial charge >= 0.3 is 10.3 Å². The molecule has 0 bridgehead atoms. The summed E-state index contributed by atoms with van der Waals surface area (Å²) >= 11 is 1.34. The lowest BCUT2D eigenvalue weighted by Gasteiger charge is -2.15. The molecule has 0 aliphatic heterocycles. The maximum absolute atomic E-state index is 13.2. The van der Waals surface area contributed by atoms with E-state index in [1.165, 1.54) is 23.9 Å². The fraction of sp³-hybridized carbons (Fsp3) is 0.381. The third kappa shape index (κ3) is 6.03. The fourth-order valence-corrected chi connectivity index (χ4v) is 5.12. The highest BCUT2D eigenvalue weighted by molar-refractivity contribution is 7.84. The van der Waals surface area contributed by atoms with E-state index in [0.29, 0.717) is 35.5 Å². The molecule has 0 amide bonds. The molecule has 0 spiro atoms. The Bertz CT molecular complexity index is 1240. The number of furan rings is 1. The van der Waals surface area contributed by atoms with Crippen molar-refractivity contribution in [1.82, 2.24) is 9.97 Å². The number of nitrogens with one attached hydrogen (secondary N) is 1. The second-order valence-corrected chi connectivity index (χ2v) is 10.2. The van der Waals surface area contributed by atoms with Crippen LogP contribution in [0.15, 0.2) is 40.5 Å². The van der Waals surface area contributed by atoms with Gasteiger partial charge in [-0.2, -0.15) is 8.42 Å². The number of ketones is 1. The van der Waals surface area contributed by atoms with Crippen molar-refractivity contribution >= 4 is 33.2 Å². The van der Waals surface area contributed by atoms with Gasteiger partial charge in [0.05, 0.1) is 23.2 Å². The van der Waals surface area contributed by atoms with Gasteiger partial charge in [0.2, 0.25) is 5.78 Å². The first-order chi connectivity index (χ1) is 15.7. The molecule has 0 saturated heterocycles. The summed E-state index contributed by atoms with van der Waals surface area (Å²) in [6.45, 7) is 1.68. The number of anilines is 1. The minimum atomic E-state index is -4.08. The Kier molecular flexibility index (Phi) is 6.91. The summed E-state index contributed by atoms with van der Waals surface area (Å²) in [6.07, 6.45) is 3.40. The molecule has 1 fully saturated rings. The Morgan fingerprint density at radius 1 is 1.39 bits per heavy atom. The summed E-state index contributed by atoms with van der Waals surface area (Å²) in [5, 5.41) is 20.2. The molecule has 1 aliphatic rings. The molecule has 3 aromatic rings. The zero-order valence-electron chi connectivity index (χ0n) is 17.8. The number of rotatable bonds is 9. The molecule has 4 rings (SSSR count). The van der Waals surface area contributed by atoms with Gasteiger partial charge in [0.25, 0.3) is 0 Å². The van der Waals surface area contributed by atoms with Crippen molar-refractivity contribution in [2.75, 3.05) is 11.9 Å². The van der Waals surface area contributed by atoms with E-state index in [1.54, 1.807) is 0 Å². The zero-order valence-corrected chi connectivity index (χ0v) is 19.4. The van der Waals surface area contributed by atoms with Gasteiger partial charge in [-0.15, -0.1) is 11.3 Å². The van der Waals surface area contributed by atoms with Crippen molar-refractivity contribution in [3.63, 3.8) is 0 Å². The number of aromatic nitrogens is 2. The highest BCUT2D eigenvalue weighted by atomic mass is 32.2. The average Bonchev–Trinajstić information content (AvgIpc) is 3.47.